The summed E-state index contributed by atoms with van der Waals surface area (Å²) in [4.78, 5) is 129. The van der Waals surface area contributed by atoms with Crippen LogP contribution in [0.3, 0.4) is 0 Å². The van der Waals surface area contributed by atoms with Gasteiger partial charge >= 0.3 is 29.8 Å². The minimum Gasteiger partial charge on any atom is -0.455 e. The largest absolute Gasteiger partial charge is 0.455 e. The molecule has 23 nitrogen and oxygen atoms in total. The van der Waals surface area contributed by atoms with Crippen LogP contribution in [0.4, 0.5) is 5.69 Å². The van der Waals surface area contributed by atoms with E-state index >= 15 is 9.59 Å². The molecule has 0 radical (unpaired) electrons. The molecular formula is C77H84N2O21. The van der Waals surface area contributed by atoms with Gasteiger partial charge in [0.25, 0.3) is 0 Å². The number of ketones is 2. The molecule has 2 bridgehead atoms. The Hall–Kier alpha value is -9.25. The van der Waals surface area contributed by atoms with Crippen LogP contribution in [0, 0.1) is 28.6 Å². The number of hydrogen-bond acceptors (Lipinski definition) is 21. The lowest BCUT2D eigenvalue weighted by atomic mass is 9.44. The Kier molecular flexibility index (Phi) is 23.8. The molecule has 5 aliphatic rings. The zero-order valence-corrected chi connectivity index (χ0v) is 56.8. The summed E-state index contributed by atoms with van der Waals surface area (Å²) in [6.45, 7) is 8.58. The number of benzene rings is 5. The van der Waals surface area contributed by atoms with Gasteiger partial charge in [-0.1, -0.05) is 135 Å². The lowest BCUT2D eigenvalue weighted by molar-refractivity contribution is -0.346. The van der Waals surface area contributed by atoms with Crippen LogP contribution in [0.1, 0.15) is 123 Å². The molecule has 2 heterocycles. The number of hydrogen-bond donors (Lipinski definition) is 3. The second-order valence-electron chi connectivity index (χ2n) is 26.2. The summed E-state index contributed by atoms with van der Waals surface area (Å²) in [6.07, 6.45) is -11.4. The number of para-hydroxylation sites is 1. The van der Waals surface area contributed by atoms with Crippen molar-refractivity contribution in [3.8, 4) is 11.8 Å². The molecule has 0 aromatic heterocycles. The quantitative estimate of drug-likeness (QED) is 0.0108. The molecule has 5 aromatic carbocycles. The molecule has 2 saturated carbocycles. The van der Waals surface area contributed by atoms with E-state index in [-0.39, 0.29) is 107 Å². The van der Waals surface area contributed by atoms with Crippen LogP contribution in [0.25, 0.3) is 0 Å². The number of nitrogens with zero attached hydrogens (tertiary/aromatic N) is 1. The molecule has 1 saturated heterocycles. The molecule has 100 heavy (non-hydrogen) atoms. The maximum absolute atomic E-state index is 15.9. The number of nitrogens with one attached hydrogen (secondary N) is 1. The van der Waals surface area contributed by atoms with Crippen LogP contribution < -0.4 is 10.2 Å². The Morgan fingerprint density at radius 2 is 1.28 bits per heavy atom. The molecule has 2 amide bonds. The summed E-state index contributed by atoms with van der Waals surface area (Å²) in [5.41, 5.74) is -4.29. The topological polar surface area (TPSA) is 302 Å². The average molecular weight is 1370 g/mol. The number of Topliss-reactive ketones (excluding diaryl/α,β-unsaturated/α-hetero) is 2. The van der Waals surface area contributed by atoms with E-state index in [2.05, 4.69) is 17.2 Å². The highest BCUT2D eigenvalue weighted by Gasteiger charge is 2.78. The smallest absolute Gasteiger partial charge is 0.348 e. The van der Waals surface area contributed by atoms with E-state index in [9.17, 15) is 43.8 Å². The van der Waals surface area contributed by atoms with Crippen molar-refractivity contribution in [1.82, 2.24) is 5.32 Å². The van der Waals surface area contributed by atoms with E-state index < -0.39 is 131 Å². The number of ether oxygens (including phenoxy) is 10. The van der Waals surface area contributed by atoms with Crippen molar-refractivity contribution in [3.63, 3.8) is 0 Å². The highest BCUT2D eigenvalue weighted by Crippen LogP contribution is 2.64. The number of carbonyl (C=O) groups is 9. The number of amides is 2. The molecule has 2 unspecified atom stereocenters. The van der Waals surface area contributed by atoms with Gasteiger partial charge < -0.3 is 67.8 Å². The van der Waals surface area contributed by atoms with Crippen LogP contribution in [0.5, 0.6) is 0 Å². The number of rotatable bonds is 29. The maximum atomic E-state index is 15.9. The van der Waals surface area contributed by atoms with Gasteiger partial charge in [0.05, 0.1) is 88.1 Å². The molecule has 3 fully saturated rings. The van der Waals surface area contributed by atoms with Crippen molar-refractivity contribution in [2.45, 2.75) is 134 Å². The number of esters is 5. The predicted molar refractivity (Wildman–Crippen MR) is 359 cm³/mol. The molecule has 3 aliphatic carbocycles. The van der Waals surface area contributed by atoms with E-state index in [1.54, 1.807) is 97.6 Å². The minimum atomic E-state index is -2.50. The monoisotopic (exact) mass is 1370 g/mol. The Labute approximate surface area is 580 Å². The van der Waals surface area contributed by atoms with Gasteiger partial charge in [-0.2, -0.15) is 0 Å². The van der Waals surface area contributed by atoms with Gasteiger partial charge in [-0.05, 0) is 66.5 Å². The second-order valence-corrected chi connectivity index (χ2v) is 26.2. The number of aliphatic hydroxyl groups excluding tert-OH is 1. The fourth-order valence-corrected chi connectivity index (χ4v) is 14.5. The Morgan fingerprint density at radius 3 is 1.92 bits per heavy atom. The van der Waals surface area contributed by atoms with Crippen molar-refractivity contribution >= 4 is 58.9 Å². The van der Waals surface area contributed by atoms with E-state index in [4.69, 9.17) is 47.4 Å². The fourth-order valence-electron chi connectivity index (χ4n) is 14.5. The molecular weight excluding hydrogens is 1290 g/mol. The summed E-state index contributed by atoms with van der Waals surface area (Å²) in [6, 6.07) is 39.5. The van der Waals surface area contributed by atoms with Crippen LogP contribution in [0.15, 0.2) is 151 Å². The van der Waals surface area contributed by atoms with Crippen molar-refractivity contribution < 1.29 is 101 Å². The average Bonchev–Trinajstić information content (AvgIpc) is 0.669. The van der Waals surface area contributed by atoms with Gasteiger partial charge in [0.15, 0.2) is 23.3 Å². The molecule has 23 heteroatoms. The second kappa shape index (κ2) is 32.4. The predicted octanol–water partition coefficient (Wildman–Crippen LogP) is 7.08. The highest BCUT2D eigenvalue weighted by molar-refractivity contribution is 5.99. The van der Waals surface area contributed by atoms with E-state index in [0.717, 1.165) is 30.5 Å². The molecule has 2 aliphatic heterocycles. The first-order valence-electron chi connectivity index (χ1n) is 33.5. The summed E-state index contributed by atoms with van der Waals surface area (Å²) < 4.78 is 59.8. The molecule has 10 rings (SSSR count). The number of aliphatic hydroxyl groups is 2. The van der Waals surface area contributed by atoms with Gasteiger partial charge in [-0.25, -0.2) is 14.4 Å². The highest BCUT2D eigenvalue weighted by atomic mass is 16.6. The van der Waals surface area contributed by atoms with Crippen molar-refractivity contribution in [3.05, 3.63) is 184 Å². The molecule has 528 valence electrons. The summed E-state index contributed by atoms with van der Waals surface area (Å²) in [5, 5.41) is 29.2. The lowest BCUT2D eigenvalue weighted by Crippen LogP contribution is -2.82. The van der Waals surface area contributed by atoms with Gasteiger partial charge in [-0.3, -0.25) is 28.8 Å². The molecule has 3 N–H and O–H groups in total. The lowest BCUT2D eigenvalue weighted by Gasteiger charge is -2.67. The fraction of sp³-hybridized carbons (Fsp3) is 0.442. The van der Waals surface area contributed by atoms with Gasteiger partial charge in [0.2, 0.25) is 17.9 Å². The normalized spacial score (nSPS) is 24.4. The van der Waals surface area contributed by atoms with Crippen LogP contribution >= 0.6 is 0 Å². The molecule has 0 spiro atoms. The molecule has 5 aromatic rings. The SMILES string of the molecule is CC(=O)O[C@H]1C(=O)[C@@]2(C)C(C(OC(=O)c3ccccc3)[C@]3(O)C[C@H](OC(=O)[C@H](OC(=O)COCCOCCOCCOCCNC(=O)CCC(=O)N4Cc5ccccc5C#Cc5ccccc54)[C@@H](CC(=O)c4ccccc4)c4ccccc4)C(C)=C1C3(C)C)[C@]1(OC(C)=O)CO[C@@H]1C[C@@H]2O. The zero-order valence-electron chi connectivity index (χ0n) is 56.8. The Morgan fingerprint density at radius 1 is 0.690 bits per heavy atom. The first kappa shape index (κ1) is 73.5. The third-order valence-electron chi connectivity index (χ3n) is 19.7. The third-order valence-corrected chi connectivity index (χ3v) is 19.7. The van der Waals surface area contributed by atoms with Crippen molar-refractivity contribution in [1.29, 1.82) is 0 Å². The first-order chi connectivity index (χ1) is 48.0. The van der Waals surface area contributed by atoms with Crippen molar-refractivity contribution in [2.24, 2.45) is 16.7 Å². The van der Waals surface area contributed by atoms with Crippen LogP contribution in [-0.2, 0) is 87.5 Å². The van der Waals surface area contributed by atoms with Gasteiger partial charge in [-0.15, -0.1) is 0 Å². The number of anilines is 1. The standard InChI is InChI=1S/C77H84N2O21/c1-48-60(44-77(90)71(99-72(88)55-26-14-9-15-27-55)69-75(6,61(83)43-62-76(69,47-95-62)100-50(3)81)70(87)68(96-49(2)80)66(48)74(77,4)5)97-73(89)67(57(52-21-10-7-11-22-52)42-59(82)54-24-12-8-13-25-54)98-65(86)46-94-41-40-93-39-38-92-37-36-91-35-34-78-63(84)32-33-64(85)79-45-56-28-17-16-20-51(56)30-31-53-23-18-19-29-58(53)79/h7-29,57,60-62,67-69,71,83,90H,32-47H2,1-6H3,(H,78,84)/t57-,60-,61-,62+,67+,68+,69?,71?,75+,76-,77+/m0/s1. The Bertz CT molecular complexity index is 3920. The Balaban J connectivity index is 0.784. The summed E-state index contributed by atoms with van der Waals surface area (Å²) >= 11 is 0. The number of fused-ring (bicyclic) bond motifs is 7. The van der Waals surface area contributed by atoms with E-state index in [0.29, 0.717) is 23.4 Å². The third kappa shape index (κ3) is 16.0. The summed E-state index contributed by atoms with van der Waals surface area (Å²) in [5.74, 6) is -3.29. The minimum absolute atomic E-state index is 0.00188. The van der Waals surface area contributed by atoms with Crippen LogP contribution in [-0.4, -0.2) is 177 Å². The summed E-state index contributed by atoms with van der Waals surface area (Å²) in [7, 11) is 0. The first-order valence-corrected chi connectivity index (χ1v) is 33.5. The van der Waals surface area contributed by atoms with E-state index in [1.165, 1.54) is 26.0 Å². The maximum Gasteiger partial charge on any atom is 0.348 e. The number of carbonyl (C=O) groups excluding carboxylic acids is 9. The van der Waals surface area contributed by atoms with Gasteiger partial charge in [0, 0.05) is 80.5 Å². The van der Waals surface area contributed by atoms with E-state index in [1.807, 2.05) is 48.5 Å². The zero-order chi connectivity index (χ0) is 71.4. The van der Waals surface area contributed by atoms with Crippen molar-refractivity contribution in [2.75, 3.05) is 70.9 Å². The van der Waals surface area contributed by atoms with Gasteiger partial charge in [0.1, 0.15) is 30.5 Å². The molecule has 11 atom stereocenters. The van der Waals surface area contributed by atoms with Crippen LogP contribution in [0.2, 0.25) is 0 Å².